The molecule has 8 heteroatoms. The molecule has 1 unspecified atom stereocenters. The summed E-state index contributed by atoms with van der Waals surface area (Å²) in [5.41, 5.74) is 5.99. The lowest BCUT2D eigenvalue weighted by Crippen LogP contribution is -2.32. The summed E-state index contributed by atoms with van der Waals surface area (Å²) in [6, 6.07) is 4.51. The van der Waals surface area contributed by atoms with Crippen LogP contribution in [0.3, 0.4) is 0 Å². The Hall–Kier alpha value is -1.80. The van der Waals surface area contributed by atoms with Gasteiger partial charge in [0, 0.05) is 5.75 Å². The number of primary amides is 1. The topological polar surface area (TPSA) is 92.9 Å². The zero-order valence-corrected chi connectivity index (χ0v) is 13.5. The van der Waals surface area contributed by atoms with Crippen molar-refractivity contribution in [3.05, 3.63) is 29.6 Å². The molecule has 1 aliphatic heterocycles. The lowest BCUT2D eigenvalue weighted by Gasteiger charge is -2.18. The van der Waals surface area contributed by atoms with Crippen molar-refractivity contribution in [3.8, 4) is 0 Å². The van der Waals surface area contributed by atoms with Crippen molar-refractivity contribution >= 4 is 29.7 Å². The second kappa shape index (κ2) is 7.65. The number of anilines is 1. The van der Waals surface area contributed by atoms with E-state index in [1.54, 1.807) is 12.1 Å². The number of rotatable bonds is 7. The first kappa shape index (κ1) is 17.6. The summed E-state index contributed by atoms with van der Waals surface area (Å²) < 4.78 is 28.1. The molecule has 2 amide bonds. The van der Waals surface area contributed by atoms with Gasteiger partial charge in [-0.15, -0.1) is 0 Å². The molecule has 0 radical (unpaired) electrons. The second-order valence-corrected chi connectivity index (χ2v) is 5.98. The fourth-order valence-corrected chi connectivity index (χ4v) is 3.00. The molecule has 0 bridgehead atoms. The maximum Gasteiger partial charge on any atom is 0.415 e. The highest BCUT2D eigenvalue weighted by Gasteiger charge is 2.36. The standard InChI is InChI=1S/C15H19FN2O4S/c1-2-9(5-6-23-21)11-4-3-10(7-12(11)16)18-8-13(14(17)19)22-15(18)20/h3-4,7,9,13,21H,2,5-6,8H2,1H3,(H2,17,19)/t9?,13-/m1/s1. The minimum absolute atomic E-state index is 0.00685. The maximum atomic E-state index is 14.4. The van der Waals surface area contributed by atoms with E-state index in [-0.39, 0.29) is 12.5 Å². The second-order valence-electron chi connectivity index (χ2n) is 5.32. The van der Waals surface area contributed by atoms with Crippen molar-refractivity contribution in [1.29, 1.82) is 0 Å². The van der Waals surface area contributed by atoms with Crippen LogP contribution < -0.4 is 10.6 Å². The molecule has 0 aliphatic carbocycles. The van der Waals surface area contributed by atoms with Gasteiger partial charge in [-0.1, -0.05) is 13.0 Å². The summed E-state index contributed by atoms with van der Waals surface area (Å²) in [7, 11) is 0. The molecule has 1 aromatic carbocycles. The number of cyclic esters (lactones) is 1. The fraction of sp³-hybridized carbons (Fsp3) is 0.467. The normalized spacial score (nSPS) is 18.8. The van der Waals surface area contributed by atoms with Gasteiger partial charge < -0.3 is 15.0 Å². The van der Waals surface area contributed by atoms with Gasteiger partial charge in [-0.05, 0) is 48.5 Å². The number of halogens is 1. The van der Waals surface area contributed by atoms with Crippen molar-refractivity contribution in [3.63, 3.8) is 0 Å². The number of amides is 2. The number of nitrogens with two attached hydrogens (primary N) is 1. The maximum absolute atomic E-state index is 14.4. The summed E-state index contributed by atoms with van der Waals surface area (Å²) in [4.78, 5) is 24.0. The number of benzene rings is 1. The Morgan fingerprint density at radius 2 is 2.35 bits per heavy atom. The molecule has 1 aliphatic rings. The lowest BCUT2D eigenvalue weighted by atomic mass is 9.93. The zero-order chi connectivity index (χ0) is 17.0. The van der Waals surface area contributed by atoms with Gasteiger partial charge in [-0.25, -0.2) is 9.18 Å². The smallest absolute Gasteiger partial charge is 0.415 e. The predicted molar refractivity (Wildman–Crippen MR) is 85.9 cm³/mol. The minimum atomic E-state index is -1.02. The van der Waals surface area contributed by atoms with Crippen LogP contribution >= 0.6 is 12.0 Å². The fourth-order valence-electron chi connectivity index (χ4n) is 2.61. The average molecular weight is 342 g/mol. The van der Waals surface area contributed by atoms with Gasteiger partial charge in [-0.3, -0.25) is 9.69 Å². The third-order valence-electron chi connectivity index (χ3n) is 3.92. The van der Waals surface area contributed by atoms with E-state index >= 15 is 0 Å². The SMILES string of the molecule is CCC(CCSO)c1ccc(N2C[C@H](C(N)=O)OC2=O)cc1F. The van der Waals surface area contributed by atoms with Crippen LogP contribution in [0.1, 0.15) is 31.2 Å². The van der Waals surface area contributed by atoms with E-state index in [9.17, 15) is 14.0 Å². The first-order valence-corrected chi connectivity index (χ1v) is 8.25. The number of carbonyl (C=O) groups is 2. The summed E-state index contributed by atoms with van der Waals surface area (Å²) in [5, 5.41) is 0. The molecule has 3 N–H and O–H groups in total. The van der Waals surface area contributed by atoms with Gasteiger partial charge in [0.2, 0.25) is 0 Å². The van der Waals surface area contributed by atoms with Crippen LogP contribution in [0.5, 0.6) is 0 Å². The largest absolute Gasteiger partial charge is 0.434 e. The highest BCUT2D eigenvalue weighted by molar-refractivity contribution is 7.93. The Morgan fingerprint density at radius 3 is 2.87 bits per heavy atom. The zero-order valence-electron chi connectivity index (χ0n) is 12.7. The van der Waals surface area contributed by atoms with Gasteiger partial charge in [0.05, 0.1) is 12.2 Å². The number of ether oxygens (including phenoxy) is 1. The lowest BCUT2D eigenvalue weighted by molar-refractivity contribution is -0.124. The van der Waals surface area contributed by atoms with E-state index in [0.29, 0.717) is 23.4 Å². The molecule has 23 heavy (non-hydrogen) atoms. The molecule has 0 spiro atoms. The number of hydrogen-bond acceptors (Lipinski definition) is 5. The molecule has 2 atom stereocenters. The van der Waals surface area contributed by atoms with Crippen molar-refractivity contribution in [2.75, 3.05) is 17.2 Å². The number of nitrogens with zero attached hydrogens (tertiary/aromatic N) is 1. The molecule has 1 heterocycles. The van der Waals surface area contributed by atoms with E-state index in [0.717, 1.165) is 18.5 Å². The highest BCUT2D eigenvalue weighted by atomic mass is 32.2. The summed E-state index contributed by atoms with van der Waals surface area (Å²) in [6.45, 7) is 1.93. The summed E-state index contributed by atoms with van der Waals surface area (Å²) in [5.74, 6) is -0.635. The molecule has 2 rings (SSSR count). The molecular weight excluding hydrogens is 323 g/mol. The molecule has 6 nitrogen and oxygen atoms in total. The van der Waals surface area contributed by atoms with E-state index in [4.69, 9.17) is 15.0 Å². The van der Waals surface area contributed by atoms with Crippen molar-refractivity contribution < 1.29 is 23.3 Å². The Bertz CT molecular complexity index is 599. The van der Waals surface area contributed by atoms with Gasteiger partial charge in [0.1, 0.15) is 5.82 Å². The first-order chi connectivity index (χ1) is 11.0. The number of hydrogen-bond donors (Lipinski definition) is 2. The van der Waals surface area contributed by atoms with Crippen molar-refractivity contribution in [1.82, 2.24) is 0 Å². The van der Waals surface area contributed by atoms with Crippen LogP contribution in [-0.4, -0.2) is 35.0 Å². The van der Waals surface area contributed by atoms with E-state index < -0.39 is 23.9 Å². The summed E-state index contributed by atoms with van der Waals surface area (Å²) >= 11 is 0.737. The third kappa shape index (κ3) is 3.94. The Balaban J connectivity index is 2.19. The first-order valence-electron chi connectivity index (χ1n) is 7.31. The van der Waals surface area contributed by atoms with Crippen LogP contribution in [0, 0.1) is 5.82 Å². The number of carbonyl (C=O) groups excluding carboxylic acids is 2. The van der Waals surface area contributed by atoms with Gasteiger partial charge >= 0.3 is 6.09 Å². The van der Waals surface area contributed by atoms with E-state index in [1.165, 1.54) is 11.0 Å². The van der Waals surface area contributed by atoms with E-state index in [2.05, 4.69) is 0 Å². The Kier molecular flexibility index (Phi) is 5.84. The van der Waals surface area contributed by atoms with Gasteiger partial charge in [0.15, 0.2) is 6.10 Å². The molecule has 1 aromatic rings. The summed E-state index contributed by atoms with van der Waals surface area (Å²) in [6.07, 6.45) is -0.338. The highest BCUT2D eigenvalue weighted by Crippen LogP contribution is 2.30. The van der Waals surface area contributed by atoms with Crippen LogP contribution in [0.15, 0.2) is 18.2 Å². The van der Waals surface area contributed by atoms with Crippen LogP contribution in [0.25, 0.3) is 0 Å². The Labute approximate surface area is 138 Å². The molecule has 126 valence electrons. The van der Waals surface area contributed by atoms with Gasteiger partial charge in [-0.2, -0.15) is 0 Å². The average Bonchev–Trinajstić information content (AvgIpc) is 2.91. The van der Waals surface area contributed by atoms with Crippen LogP contribution in [-0.2, 0) is 9.53 Å². The molecule has 1 fully saturated rings. The van der Waals surface area contributed by atoms with Crippen molar-refractivity contribution in [2.45, 2.75) is 31.8 Å². The third-order valence-corrected chi connectivity index (χ3v) is 4.33. The predicted octanol–water partition coefficient (Wildman–Crippen LogP) is 2.73. The van der Waals surface area contributed by atoms with Crippen LogP contribution in [0.4, 0.5) is 14.9 Å². The monoisotopic (exact) mass is 342 g/mol. The van der Waals surface area contributed by atoms with Gasteiger partial charge in [0.25, 0.3) is 5.91 Å². The molecule has 0 aromatic heterocycles. The molecular formula is C15H19FN2O4S. The molecule has 0 saturated carbocycles. The van der Waals surface area contributed by atoms with Crippen molar-refractivity contribution in [2.24, 2.45) is 5.73 Å². The van der Waals surface area contributed by atoms with Crippen LogP contribution in [0.2, 0.25) is 0 Å². The minimum Gasteiger partial charge on any atom is -0.434 e. The quantitative estimate of drug-likeness (QED) is 0.743. The Morgan fingerprint density at radius 1 is 1.61 bits per heavy atom. The van der Waals surface area contributed by atoms with E-state index in [1.807, 2.05) is 6.92 Å². The molecule has 1 saturated heterocycles.